The van der Waals surface area contributed by atoms with Crippen LogP contribution in [0.1, 0.15) is 149 Å². The van der Waals surface area contributed by atoms with E-state index in [2.05, 4.69) is 104 Å². The van der Waals surface area contributed by atoms with Gasteiger partial charge in [-0.3, -0.25) is 41.1 Å². The highest BCUT2D eigenvalue weighted by Gasteiger charge is 2.43. The highest BCUT2D eigenvalue weighted by atomic mass is 32.1. The number of amides is 8. The molecule has 0 aromatic carbocycles. The molecule has 3 saturated carbocycles. The van der Waals surface area contributed by atoms with Crippen molar-refractivity contribution in [1.82, 2.24) is 59.2 Å². The van der Waals surface area contributed by atoms with Gasteiger partial charge in [-0.1, -0.05) is 62.3 Å². The number of aliphatic hydroxyl groups is 1. The number of nitrogens with zero attached hydrogens (tertiary/aromatic N) is 13. The van der Waals surface area contributed by atoms with Gasteiger partial charge in [0.05, 0.1) is 17.1 Å². The molecule has 9 aromatic rings. The molecule has 0 aliphatic heterocycles. The zero-order valence-corrected chi connectivity index (χ0v) is 60.2. The van der Waals surface area contributed by atoms with E-state index < -0.39 is 47.5 Å². The van der Waals surface area contributed by atoms with Crippen molar-refractivity contribution in [2.24, 2.45) is 17.8 Å². The molecule has 10 N–H and O–H groups in total. The fraction of sp³-hybridized carbons (Fsp3) is 0.457. The molecule has 3 aliphatic carbocycles. The third-order valence-corrected chi connectivity index (χ3v) is 20.4. The third kappa shape index (κ3) is 18.9. The van der Waals surface area contributed by atoms with E-state index in [1.54, 1.807) is 65.9 Å². The number of carbonyl (C=O) groups is 5. The van der Waals surface area contributed by atoms with Gasteiger partial charge in [0.25, 0.3) is 11.8 Å². The number of aromatic nitrogens is 12. The van der Waals surface area contributed by atoms with Gasteiger partial charge in [0.2, 0.25) is 0 Å². The van der Waals surface area contributed by atoms with Crippen LogP contribution in [0, 0.1) is 17.8 Å². The van der Waals surface area contributed by atoms with E-state index in [0.29, 0.717) is 96.4 Å². The van der Waals surface area contributed by atoms with Crippen molar-refractivity contribution in [1.29, 1.82) is 0 Å². The molecule has 12 rings (SSSR count). The number of thiazole rings is 3. The average molecular weight is 1410 g/mol. The number of aliphatic hydroxyl groups excluding tert-OH is 1. The van der Waals surface area contributed by atoms with Crippen molar-refractivity contribution in [3.05, 3.63) is 140 Å². The zero-order chi connectivity index (χ0) is 70.6. The highest BCUT2D eigenvalue weighted by Crippen LogP contribution is 2.37. The number of urea groups is 3. The van der Waals surface area contributed by atoms with E-state index in [9.17, 15) is 19.5 Å². The summed E-state index contributed by atoms with van der Waals surface area (Å²) in [5, 5.41) is 48.3. The van der Waals surface area contributed by atoms with Crippen LogP contribution in [0.2, 0.25) is 0 Å². The van der Waals surface area contributed by atoms with Gasteiger partial charge in [-0.15, -0.1) is 34.0 Å². The summed E-state index contributed by atoms with van der Waals surface area (Å²) >= 11 is 3.80. The van der Waals surface area contributed by atoms with Crippen LogP contribution in [0.3, 0.4) is 0 Å². The Morgan fingerprint density at radius 1 is 0.490 bits per heavy atom. The lowest BCUT2D eigenvalue weighted by Crippen LogP contribution is -2.58. The maximum absolute atomic E-state index is 15.5. The van der Waals surface area contributed by atoms with Crippen LogP contribution in [-0.2, 0) is 84.0 Å². The molecule has 3 aliphatic rings. The Kier molecular flexibility index (Phi) is 20.9. The quantitative estimate of drug-likeness (QED) is 0.0231. The minimum Gasteiger partial charge on any atom is -0.384 e. The lowest BCUT2D eigenvalue weighted by atomic mass is 9.92. The molecule has 27 nitrogen and oxygen atoms in total. The summed E-state index contributed by atoms with van der Waals surface area (Å²) in [6.45, 7) is 20.6. The molecule has 3 fully saturated rings. The van der Waals surface area contributed by atoms with Crippen LogP contribution in [0.15, 0.2) is 91.8 Å². The first-order valence-corrected chi connectivity index (χ1v) is 36.4. The van der Waals surface area contributed by atoms with E-state index in [4.69, 9.17) is 26.0 Å². The van der Waals surface area contributed by atoms with Gasteiger partial charge >= 0.3 is 18.1 Å². The minimum atomic E-state index is -2.25. The molecular formula is C70H87N21O6S3. The molecule has 0 bridgehead atoms. The van der Waals surface area contributed by atoms with Crippen molar-refractivity contribution in [3.8, 4) is 0 Å². The van der Waals surface area contributed by atoms with E-state index in [1.807, 2.05) is 48.3 Å². The smallest absolute Gasteiger partial charge is 0.330 e. The summed E-state index contributed by atoms with van der Waals surface area (Å²) in [7, 11) is 0. The molecule has 526 valence electrons. The molecule has 2 unspecified atom stereocenters. The van der Waals surface area contributed by atoms with E-state index in [-0.39, 0.29) is 27.6 Å². The van der Waals surface area contributed by atoms with Crippen molar-refractivity contribution < 1.29 is 29.1 Å². The highest BCUT2D eigenvalue weighted by molar-refractivity contribution is 7.16. The lowest BCUT2D eigenvalue weighted by Gasteiger charge is -2.31. The number of carbonyl (C=O) groups excluding carboxylic acids is 5. The number of pyridine rings is 3. The third-order valence-electron chi connectivity index (χ3n) is 17.4. The first-order valence-electron chi connectivity index (χ1n) is 33.9. The van der Waals surface area contributed by atoms with Crippen molar-refractivity contribution in [2.75, 3.05) is 47.9 Å². The molecule has 9 heterocycles. The predicted octanol–water partition coefficient (Wildman–Crippen LogP) is 12.2. The monoisotopic (exact) mass is 1410 g/mol. The number of aryl methyl sites for hydroxylation is 6. The first-order chi connectivity index (χ1) is 47.7. The summed E-state index contributed by atoms with van der Waals surface area (Å²) in [6, 6.07) is 12.5. The van der Waals surface area contributed by atoms with Gasteiger partial charge < -0.3 is 21.5 Å². The van der Waals surface area contributed by atoms with Crippen LogP contribution in [0.25, 0.3) is 0 Å². The van der Waals surface area contributed by atoms with Crippen LogP contribution in [-0.4, -0.2) is 106 Å². The van der Waals surface area contributed by atoms with Gasteiger partial charge in [0.15, 0.2) is 27.5 Å². The summed E-state index contributed by atoms with van der Waals surface area (Å²) in [5.74, 6) is 1.58. The summed E-state index contributed by atoms with van der Waals surface area (Å²) in [5.41, 5.74) is 10.2. The number of nitrogens with one attached hydrogen (secondary N) is 7. The molecule has 0 saturated heterocycles. The molecule has 100 heavy (non-hydrogen) atoms. The van der Waals surface area contributed by atoms with Crippen LogP contribution in [0.5, 0.6) is 0 Å². The van der Waals surface area contributed by atoms with Crippen molar-refractivity contribution in [3.63, 3.8) is 0 Å². The van der Waals surface area contributed by atoms with Gasteiger partial charge in [0.1, 0.15) is 34.9 Å². The number of nitrogens with two attached hydrogens (primary N) is 1. The lowest BCUT2D eigenvalue weighted by molar-refractivity contribution is -0.130. The average Bonchev–Trinajstić information content (AvgIpc) is 1.35. The second-order valence-electron chi connectivity index (χ2n) is 29.3. The predicted molar refractivity (Wildman–Crippen MR) is 390 cm³/mol. The zero-order valence-electron chi connectivity index (χ0n) is 57.8. The van der Waals surface area contributed by atoms with Gasteiger partial charge in [-0.2, -0.15) is 15.3 Å². The normalized spacial score (nSPS) is 14.7. The molecule has 8 amide bonds. The summed E-state index contributed by atoms with van der Waals surface area (Å²) < 4.78 is 5.51. The molecule has 2 atom stereocenters. The topological polar surface area (TPSA) is 350 Å². The maximum atomic E-state index is 15.5. The molecule has 0 spiro atoms. The van der Waals surface area contributed by atoms with Crippen LogP contribution in [0.4, 0.5) is 64.7 Å². The number of nitrogen functional groups attached to an aromatic ring is 1. The summed E-state index contributed by atoms with van der Waals surface area (Å²) in [4.78, 5) is 103. The molecule has 0 radical (unpaired) electrons. The van der Waals surface area contributed by atoms with Gasteiger partial charge in [-0.05, 0) is 148 Å². The number of hydrogen-bond donors (Lipinski definition) is 9. The Morgan fingerprint density at radius 2 is 0.880 bits per heavy atom. The van der Waals surface area contributed by atoms with Gasteiger partial charge in [-0.25, -0.2) is 58.3 Å². The summed E-state index contributed by atoms with van der Waals surface area (Å²) in [6.07, 6.45) is 17.0. The van der Waals surface area contributed by atoms with E-state index >= 15 is 9.59 Å². The van der Waals surface area contributed by atoms with Crippen molar-refractivity contribution in [2.45, 2.75) is 187 Å². The largest absolute Gasteiger partial charge is 0.384 e. The second kappa shape index (κ2) is 29.7. The standard InChI is InChI=1S/C70H87N21O6S3/c1-68(2,3)49-31-55(88(85-49)37-43-10-11-43)80-62(95)83-64-75-34-46(98-64)19-17-41-23-26-73-53(29-41)78-60(93)58(91(67-77-36-48(100-67)21-16-40-22-25-72-52(71)28-40)66(97)82-57-33-51(70(7,8)9)87-90(57)39-45-14-15-45)59(92)61(94)79-54-30-42(24-27-74-54)18-20-47-35-76-65(99-47)84-63(96)81-56-32-50(69(4,5)6)86-89(56)38-44-12-13-44/h22-36,43-45,58-59,92H,10-21,37-39H2,1-9H3,(H2,71,72)(H,82,97)(H,73,78,93)(H,74,79,94)(H2,75,80,83,95)(H2,76,81,84,96). The Bertz CT molecular complexity index is 4420. The number of rotatable bonds is 27. The van der Waals surface area contributed by atoms with Crippen LogP contribution < -0.4 is 47.9 Å². The molecule has 30 heteroatoms. The van der Waals surface area contributed by atoms with E-state index in [1.165, 1.54) is 35.1 Å². The molecular weight excluding hydrogens is 1330 g/mol. The van der Waals surface area contributed by atoms with Crippen molar-refractivity contribution >= 4 is 114 Å². The Morgan fingerprint density at radius 3 is 1.30 bits per heavy atom. The fourth-order valence-electron chi connectivity index (χ4n) is 11.0. The second-order valence-corrected chi connectivity index (χ2v) is 32.6. The first kappa shape index (κ1) is 70.3. The Labute approximate surface area is 592 Å². The number of hydrogen-bond acceptors (Lipinski definition) is 19. The maximum Gasteiger partial charge on any atom is 0.330 e. The van der Waals surface area contributed by atoms with Gasteiger partial charge in [0, 0.05) is 106 Å². The fourth-order valence-corrected chi connectivity index (χ4v) is 13.5. The SMILES string of the molecule is CC(C)(C)c1cc(NC(=O)Nc2ncc(CCc3ccnc(NC(=O)C(O)C(C(=O)Nc4cc(CCc5cnc(NC(=O)Nc6cc(C(C)(C)C)nn6CC6CC6)s5)ccn4)N(C(=O)Nc4cc(C(C)(C)C)nn4CC4CC4)c4ncc(CCc5ccnc(N)c5)s4)c3)s2)n(CC2CC2)n1. The number of anilines is 9. The Balaban J connectivity index is 0.768. The van der Waals surface area contributed by atoms with E-state index in [0.717, 1.165) is 116 Å². The Hall–Kier alpha value is -9.52. The minimum absolute atomic E-state index is 0.0127. The van der Waals surface area contributed by atoms with Crippen LogP contribution >= 0.6 is 34.0 Å². The molecule has 9 aromatic heterocycles.